The maximum Gasteiger partial charge on any atom is 0.124 e. The van der Waals surface area contributed by atoms with Crippen molar-refractivity contribution in [3.05, 3.63) is 68.0 Å². The highest BCUT2D eigenvalue weighted by Gasteiger charge is 2.18. The normalized spacial score (nSPS) is 12.4. The average molecular weight is 397 g/mol. The first-order valence-corrected chi connectivity index (χ1v) is 8.42. The van der Waals surface area contributed by atoms with E-state index in [-0.39, 0.29) is 11.9 Å². The van der Waals surface area contributed by atoms with Gasteiger partial charge in [0.05, 0.1) is 6.04 Å². The minimum absolute atomic E-state index is 0.0962. The first kappa shape index (κ1) is 16.4. The molecular formula is C18H21FIN. The van der Waals surface area contributed by atoms with Gasteiger partial charge < -0.3 is 5.32 Å². The van der Waals surface area contributed by atoms with Crippen molar-refractivity contribution in [1.82, 2.24) is 5.32 Å². The lowest BCUT2D eigenvalue weighted by Gasteiger charge is -2.22. The van der Waals surface area contributed by atoms with E-state index in [1.165, 1.54) is 22.8 Å². The Morgan fingerprint density at radius 2 is 1.81 bits per heavy atom. The van der Waals surface area contributed by atoms with Gasteiger partial charge in [-0.1, -0.05) is 38.1 Å². The van der Waals surface area contributed by atoms with E-state index in [4.69, 9.17) is 0 Å². The summed E-state index contributed by atoms with van der Waals surface area (Å²) in [5, 5.41) is 3.39. The van der Waals surface area contributed by atoms with E-state index in [2.05, 4.69) is 60.0 Å². The smallest absolute Gasteiger partial charge is 0.124 e. The zero-order valence-corrected chi connectivity index (χ0v) is 14.9. The Morgan fingerprint density at radius 3 is 2.38 bits per heavy atom. The van der Waals surface area contributed by atoms with Gasteiger partial charge in [0.15, 0.2) is 0 Å². The molecule has 0 saturated heterocycles. The molecule has 112 valence electrons. The van der Waals surface area contributed by atoms with Crippen LogP contribution in [0.3, 0.4) is 0 Å². The Balaban J connectivity index is 2.54. The van der Waals surface area contributed by atoms with E-state index in [0.717, 1.165) is 22.0 Å². The summed E-state index contributed by atoms with van der Waals surface area (Å²) in [5.41, 5.74) is 5.09. The molecule has 0 fully saturated rings. The summed E-state index contributed by atoms with van der Waals surface area (Å²) in [5.74, 6) is -0.184. The molecule has 0 aliphatic carbocycles. The van der Waals surface area contributed by atoms with E-state index < -0.39 is 0 Å². The van der Waals surface area contributed by atoms with Crippen molar-refractivity contribution in [3.8, 4) is 0 Å². The minimum atomic E-state index is -0.184. The lowest BCUT2D eigenvalue weighted by Crippen LogP contribution is -2.20. The van der Waals surface area contributed by atoms with Crippen LogP contribution in [0, 0.1) is 9.39 Å². The van der Waals surface area contributed by atoms with Crippen LogP contribution >= 0.6 is 22.6 Å². The molecule has 2 rings (SSSR count). The monoisotopic (exact) mass is 397 g/mol. The first-order valence-electron chi connectivity index (χ1n) is 7.34. The number of hydrogen-bond donors (Lipinski definition) is 1. The zero-order chi connectivity index (χ0) is 15.4. The van der Waals surface area contributed by atoms with Gasteiger partial charge in [0.1, 0.15) is 5.82 Å². The van der Waals surface area contributed by atoms with Gasteiger partial charge >= 0.3 is 0 Å². The molecule has 2 aromatic carbocycles. The SMILES string of the molecule is CCc1ccc(CC)c(C(NC)c2ccc(F)cc2I)c1. The van der Waals surface area contributed by atoms with Gasteiger partial charge in [-0.25, -0.2) is 4.39 Å². The van der Waals surface area contributed by atoms with E-state index in [9.17, 15) is 4.39 Å². The molecular weight excluding hydrogens is 376 g/mol. The molecule has 21 heavy (non-hydrogen) atoms. The molecule has 0 aromatic heterocycles. The third-order valence-corrected chi connectivity index (χ3v) is 4.81. The van der Waals surface area contributed by atoms with Crippen molar-refractivity contribution >= 4 is 22.6 Å². The second-order valence-corrected chi connectivity index (χ2v) is 6.29. The Hall–Kier alpha value is -0.940. The highest BCUT2D eigenvalue weighted by atomic mass is 127. The van der Waals surface area contributed by atoms with Gasteiger partial charge in [-0.05, 0) is 76.9 Å². The van der Waals surface area contributed by atoms with Crippen molar-refractivity contribution < 1.29 is 4.39 Å². The standard InChI is InChI=1S/C18H21FIN/c1-4-12-6-7-13(5-2)16(10-12)18(21-3)15-9-8-14(19)11-17(15)20/h6-11,18,21H,4-5H2,1-3H3. The minimum Gasteiger partial charge on any atom is -0.309 e. The van der Waals surface area contributed by atoms with Crippen LogP contribution in [-0.2, 0) is 12.8 Å². The number of benzene rings is 2. The van der Waals surface area contributed by atoms with Gasteiger partial charge in [-0.15, -0.1) is 0 Å². The number of hydrogen-bond acceptors (Lipinski definition) is 1. The van der Waals surface area contributed by atoms with E-state index in [1.807, 2.05) is 13.1 Å². The molecule has 0 aliphatic heterocycles. The van der Waals surface area contributed by atoms with Crippen LogP contribution in [0.15, 0.2) is 36.4 Å². The lowest BCUT2D eigenvalue weighted by molar-refractivity contribution is 0.621. The molecule has 0 amide bonds. The maximum atomic E-state index is 13.4. The quantitative estimate of drug-likeness (QED) is 0.711. The first-order chi connectivity index (χ1) is 10.1. The molecule has 1 nitrogen and oxygen atoms in total. The number of rotatable bonds is 5. The molecule has 0 aliphatic rings. The maximum absolute atomic E-state index is 13.4. The summed E-state index contributed by atoms with van der Waals surface area (Å²) in [7, 11) is 1.96. The third-order valence-electron chi connectivity index (χ3n) is 3.87. The molecule has 1 atom stereocenters. The molecule has 0 radical (unpaired) electrons. The van der Waals surface area contributed by atoms with Crippen LogP contribution in [-0.4, -0.2) is 7.05 Å². The van der Waals surface area contributed by atoms with Crippen molar-refractivity contribution in [1.29, 1.82) is 0 Å². The number of aryl methyl sites for hydroxylation is 2. The van der Waals surface area contributed by atoms with Crippen molar-refractivity contribution in [2.45, 2.75) is 32.7 Å². The van der Waals surface area contributed by atoms with Crippen LogP contribution < -0.4 is 5.32 Å². The van der Waals surface area contributed by atoms with Crippen LogP contribution in [0.1, 0.15) is 42.1 Å². The Bertz CT molecular complexity index is 625. The summed E-state index contributed by atoms with van der Waals surface area (Å²) in [6, 6.07) is 11.8. The Labute approximate surface area is 140 Å². The second kappa shape index (κ2) is 7.36. The van der Waals surface area contributed by atoms with Crippen LogP contribution in [0.25, 0.3) is 0 Å². The van der Waals surface area contributed by atoms with Crippen molar-refractivity contribution in [2.75, 3.05) is 7.05 Å². The second-order valence-electron chi connectivity index (χ2n) is 5.13. The molecule has 0 bridgehead atoms. The Morgan fingerprint density at radius 1 is 1.05 bits per heavy atom. The molecule has 3 heteroatoms. The largest absolute Gasteiger partial charge is 0.309 e. The molecule has 0 saturated carbocycles. The summed E-state index contributed by atoms with van der Waals surface area (Å²) < 4.78 is 14.3. The molecule has 0 heterocycles. The van der Waals surface area contributed by atoms with Crippen molar-refractivity contribution in [3.63, 3.8) is 0 Å². The highest BCUT2D eigenvalue weighted by Crippen LogP contribution is 2.30. The Kier molecular flexibility index (Phi) is 5.76. The summed E-state index contributed by atoms with van der Waals surface area (Å²) >= 11 is 2.21. The summed E-state index contributed by atoms with van der Waals surface area (Å²) in [6.45, 7) is 4.34. The molecule has 0 spiro atoms. The van der Waals surface area contributed by atoms with Crippen LogP contribution in [0.2, 0.25) is 0 Å². The fourth-order valence-electron chi connectivity index (χ4n) is 2.67. The zero-order valence-electron chi connectivity index (χ0n) is 12.7. The molecule has 2 aromatic rings. The lowest BCUT2D eigenvalue weighted by atomic mass is 9.91. The molecule has 1 N–H and O–H groups in total. The van der Waals surface area contributed by atoms with Crippen LogP contribution in [0.5, 0.6) is 0 Å². The topological polar surface area (TPSA) is 12.0 Å². The van der Waals surface area contributed by atoms with E-state index in [0.29, 0.717) is 0 Å². The van der Waals surface area contributed by atoms with E-state index in [1.54, 1.807) is 6.07 Å². The van der Waals surface area contributed by atoms with Gasteiger partial charge in [-0.3, -0.25) is 0 Å². The number of halogens is 2. The van der Waals surface area contributed by atoms with Gasteiger partial charge in [0, 0.05) is 3.57 Å². The summed E-state index contributed by atoms with van der Waals surface area (Å²) in [4.78, 5) is 0. The van der Waals surface area contributed by atoms with Gasteiger partial charge in [0.25, 0.3) is 0 Å². The molecule has 1 unspecified atom stereocenters. The predicted octanol–water partition coefficient (Wildman–Crippen LogP) is 4.86. The number of nitrogens with one attached hydrogen (secondary N) is 1. The van der Waals surface area contributed by atoms with Crippen molar-refractivity contribution in [2.24, 2.45) is 0 Å². The fourth-order valence-corrected chi connectivity index (χ4v) is 3.46. The average Bonchev–Trinajstić information content (AvgIpc) is 2.49. The predicted molar refractivity (Wildman–Crippen MR) is 95.2 cm³/mol. The van der Waals surface area contributed by atoms with Gasteiger partial charge in [0.2, 0.25) is 0 Å². The van der Waals surface area contributed by atoms with Crippen LogP contribution in [0.4, 0.5) is 4.39 Å². The highest BCUT2D eigenvalue weighted by molar-refractivity contribution is 14.1. The fraction of sp³-hybridized carbons (Fsp3) is 0.333. The summed E-state index contributed by atoms with van der Waals surface area (Å²) in [6.07, 6.45) is 2.02. The van der Waals surface area contributed by atoms with Gasteiger partial charge in [-0.2, -0.15) is 0 Å². The van der Waals surface area contributed by atoms with E-state index >= 15 is 0 Å². The third kappa shape index (κ3) is 3.64.